The van der Waals surface area contributed by atoms with Crippen LogP contribution in [-0.2, 0) is 4.79 Å². The number of hydrogen-bond donors (Lipinski definition) is 0. The molecule has 1 aromatic rings. The molecule has 0 unspecified atom stereocenters. The molecule has 3 nitrogen and oxygen atoms in total. The molecule has 0 saturated carbocycles. The van der Waals surface area contributed by atoms with Crippen molar-refractivity contribution in [2.75, 3.05) is 7.11 Å². The van der Waals surface area contributed by atoms with Crippen molar-refractivity contribution in [3.8, 4) is 11.5 Å². The van der Waals surface area contributed by atoms with Gasteiger partial charge in [-0.15, -0.1) is 0 Å². The van der Waals surface area contributed by atoms with E-state index in [1.54, 1.807) is 31.4 Å². The van der Waals surface area contributed by atoms with Gasteiger partial charge in [-0.1, -0.05) is 13.8 Å². The van der Waals surface area contributed by atoms with Crippen LogP contribution in [-0.4, -0.2) is 13.1 Å². The number of hydrogen-bond acceptors (Lipinski definition) is 3. The molecular formula is C14H20O3. The van der Waals surface area contributed by atoms with Crippen LogP contribution in [0.2, 0.25) is 0 Å². The SMILES string of the molecule is COc1ccc(OC(=O)C(C)(C)C(C)C)cc1. The zero-order valence-corrected chi connectivity index (χ0v) is 11.1. The third-order valence-corrected chi connectivity index (χ3v) is 3.24. The maximum Gasteiger partial charge on any atom is 0.317 e. The summed E-state index contributed by atoms with van der Waals surface area (Å²) < 4.78 is 10.4. The van der Waals surface area contributed by atoms with Crippen LogP contribution in [0.15, 0.2) is 24.3 Å². The molecule has 1 rings (SSSR count). The van der Waals surface area contributed by atoms with Crippen LogP contribution >= 0.6 is 0 Å². The fraction of sp³-hybridized carbons (Fsp3) is 0.500. The second-order valence-corrected chi connectivity index (χ2v) is 4.94. The average molecular weight is 236 g/mol. The normalized spacial score (nSPS) is 11.4. The van der Waals surface area contributed by atoms with Crippen LogP contribution in [0.3, 0.4) is 0 Å². The Balaban J connectivity index is 2.74. The molecule has 17 heavy (non-hydrogen) atoms. The first-order valence-corrected chi connectivity index (χ1v) is 5.74. The number of rotatable bonds is 4. The minimum atomic E-state index is -0.486. The van der Waals surface area contributed by atoms with E-state index in [1.807, 2.05) is 27.7 Å². The minimum absolute atomic E-state index is 0.210. The second-order valence-electron chi connectivity index (χ2n) is 4.94. The summed E-state index contributed by atoms with van der Waals surface area (Å²) in [6, 6.07) is 7.00. The zero-order chi connectivity index (χ0) is 13.1. The second kappa shape index (κ2) is 5.21. The highest BCUT2D eigenvalue weighted by molar-refractivity contribution is 5.78. The molecule has 0 amide bonds. The lowest BCUT2D eigenvalue weighted by atomic mass is 9.81. The Labute approximate surface area is 103 Å². The van der Waals surface area contributed by atoms with Gasteiger partial charge in [-0.25, -0.2) is 0 Å². The molecule has 3 heteroatoms. The van der Waals surface area contributed by atoms with E-state index in [0.717, 1.165) is 5.75 Å². The molecular weight excluding hydrogens is 216 g/mol. The first-order chi connectivity index (χ1) is 7.87. The highest BCUT2D eigenvalue weighted by Gasteiger charge is 2.33. The first kappa shape index (κ1) is 13.6. The van der Waals surface area contributed by atoms with Gasteiger partial charge in [0.25, 0.3) is 0 Å². The largest absolute Gasteiger partial charge is 0.497 e. The Morgan fingerprint density at radius 3 is 2.00 bits per heavy atom. The third kappa shape index (κ3) is 3.22. The first-order valence-electron chi connectivity index (χ1n) is 5.74. The number of carbonyl (C=O) groups is 1. The lowest BCUT2D eigenvalue weighted by molar-refractivity contribution is -0.146. The molecule has 0 aliphatic rings. The smallest absolute Gasteiger partial charge is 0.317 e. The van der Waals surface area contributed by atoms with Crippen molar-refractivity contribution in [1.29, 1.82) is 0 Å². The van der Waals surface area contributed by atoms with Crippen LogP contribution in [0.5, 0.6) is 11.5 Å². The van der Waals surface area contributed by atoms with Crippen LogP contribution in [0.1, 0.15) is 27.7 Å². The molecule has 0 N–H and O–H groups in total. The number of benzene rings is 1. The van der Waals surface area contributed by atoms with Crippen molar-refractivity contribution in [1.82, 2.24) is 0 Å². The molecule has 0 fully saturated rings. The summed E-state index contributed by atoms with van der Waals surface area (Å²) in [5.41, 5.74) is -0.486. The molecule has 1 aromatic carbocycles. The Bertz CT molecular complexity index is 377. The van der Waals surface area contributed by atoms with Gasteiger partial charge < -0.3 is 9.47 Å². The standard InChI is InChI=1S/C14H20O3/c1-10(2)14(3,4)13(15)17-12-8-6-11(16-5)7-9-12/h6-10H,1-5H3. The van der Waals surface area contributed by atoms with Crippen LogP contribution in [0, 0.1) is 11.3 Å². The average Bonchev–Trinajstić information content (AvgIpc) is 2.29. The maximum atomic E-state index is 12.0. The van der Waals surface area contributed by atoms with E-state index < -0.39 is 5.41 Å². The fourth-order valence-corrected chi connectivity index (χ4v) is 1.12. The van der Waals surface area contributed by atoms with E-state index in [4.69, 9.17) is 9.47 Å². The van der Waals surface area contributed by atoms with Gasteiger partial charge in [0.15, 0.2) is 0 Å². The molecule has 0 aliphatic heterocycles. The Kier molecular flexibility index (Phi) is 4.16. The summed E-state index contributed by atoms with van der Waals surface area (Å²) in [5, 5.41) is 0. The quantitative estimate of drug-likeness (QED) is 0.594. The summed E-state index contributed by atoms with van der Waals surface area (Å²) in [7, 11) is 1.60. The van der Waals surface area contributed by atoms with Gasteiger partial charge >= 0.3 is 5.97 Å². The third-order valence-electron chi connectivity index (χ3n) is 3.24. The van der Waals surface area contributed by atoms with Crippen molar-refractivity contribution < 1.29 is 14.3 Å². The van der Waals surface area contributed by atoms with Gasteiger partial charge in [-0.2, -0.15) is 0 Å². The molecule has 0 aliphatic carbocycles. The Morgan fingerprint density at radius 1 is 1.12 bits per heavy atom. The number of ether oxygens (including phenoxy) is 2. The number of carbonyl (C=O) groups excluding carboxylic acids is 1. The molecule has 0 bridgehead atoms. The topological polar surface area (TPSA) is 35.5 Å². The van der Waals surface area contributed by atoms with Crippen molar-refractivity contribution in [2.24, 2.45) is 11.3 Å². The highest BCUT2D eigenvalue weighted by atomic mass is 16.5. The van der Waals surface area contributed by atoms with Gasteiger partial charge in [0.05, 0.1) is 12.5 Å². The zero-order valence-electron chi connectivity index (χ0n) is 11.1. The Morgan fingerprint density at radius 2 is 1.59 bits per heavy atom. The van der Waals surface area contributed by atoms with E-state index in [2.05, 4.69) is 0 Å². The maximum absolute atomic E-state index is 12.0. The molecule has 0 heterocycles. The monoisotopic (exact) mass is 236 g/mol. The van der Waals surface area contributed by atoms with Gasteiger partial charge in [-0.3, -0.25) is 4.79 Å². The van der Waals surface area contributed by atoms with E-state index >= 15 is 0 Å². The van der Waals surface area contributed by atoms with Gasteiger partial charge in [0.1, 0.15) is 11.5 Å². The van der Waals surface area contributed by atoms with Crippen molar-refractivity contribution in [3.05, 3.63) is 24.3 Å². The van der Waals surface area contributed by atoms with Crippen molar-refractivity contribution in [2.45, 2.75) is 27.7 Å². The van der Waals surface area contributed by atoms with Crippen molar-refractivity contribution >= 4 is 5.97 Å². The fourth-order valence-electron chi connectivity index (χ4n) is 1.12. The summed E-state index contributed by atoms with van der Waals surface area (Å²) in [5.74, 6) is 1.31. The molecule has 0 saturated heterocycles. The summed E-state index contributed by atoms with van der Waals surface area (Å²) in [4.78, 5) is 12.0. The Hall–Kier alpha value is -1.51. The molecule has 0 atom stereocenters. The lowest BCUT2D eigenvalue weighted by Gasteiger charge is -2.26. The van der Waals surface area contributed by atoms with Gasteiger partial charge in [0, 0.05) is 0 Å². The predicted molar refractivity (Wildman–Crippen MR) is 67.2 cm³/mol. The van der Waals surface area contributed by atoms with Crippen molar-refractivity contribution in [3.63, 3.8) is 0 Å². The van der Waals surface area contributed by atoms with Crippen LogP contribution in [0.25, 0.3) is 0 Å². The molecule has 0 radical (unpaired) electrons. The van der Waals surface area contributed by atoms with E-state index in [1.165, 1.54) is 0 Å². The lowest BCUT2D eigenvalue weighted by Crippen LogP contribution is -2.33. The molecule has 0 aromatic heterocycles. The summed E-state index contributed by atoms with van der Waals surface area (Å²) >= 11 is 0. The van der Waals surface area contributed by atoms with Crippen LogP contribution < -0.4 is 9.47 Å². The van der Waals surface area contributed by atoms with E-state index in [0.29, 0.717) is 5.75 Å². The minimum Gasteiger partial charge on any atom is -0.497 e. The molecule has 94 valence electrons. The number of methoxy groups -OCH3 is 1. The van der Waals surface area contributed by atoms with Gasteiger partial charge in [-0.05, 0) is 44.0 Å². The van der Waals surface area contributed by atoms with Gasteiger partial charge in [0.2, 0.25) is 0 Å². The highest BCUT2D eigenvalue weighted by Crippen LogP contribution is 2.29. The predicted octanol–water partition coefficient (Wildman–Crippen LogP) is 3.28. The molecule has 0 spiro atoms. The van der Waals surface area contributed by atoms with E-state index in [9.17, 15) is 4.79 Å². The van der Waals surface area contributed by atoms with E-state index in [-0.39, 0.29) is 11.9 Å². The van der Waals surface area contributed by atoms with Crippen LogP contribution in [0.4, 0.5) is 0 Å². The summed E-state index contributed by atoms with van der Waals surface area (Å²) in [6.45, 7) is 7.80. The summed E-state index contributed by atoms with van der Waals surface area (Å²) in [6.07, 6.45) is 0. The number of esters is 1.